The smallest absolute Gasteiger partial charge is 0.329 e. The molecule has 0 radical (unpaired) electrons. The number of para-hydroxylation sites is 1. The zero-order valence-corrected chi connectivity index (χ0v) is 15.5. The molecule has 2 heterocycles. The fraction of sp³-hybridized carbons (Fsp3) is 0.389. The van der Waals surface area contributed by atoms with Crippen LogP contribution in [0.3, 0.4) is 0 Å². The third kappa shape index (κ3) is 3.92. The van der Waals surface area contributed by atoms with E-state index in [2.05, 4.69) is 9.97 Å². The first-order valence-electron chi connectivity index (χ1n) is 8.91. The fourth-order valence-corrected chi connectivity index (χ4v) is 3.00. The molecule has 0 unspecified atom stereocenters. The van der Waals surface area contributed by atoms with Gasteiger partial charge in [-0.15, -0.1) is 0 Å². The SMILES string of the molecule is Cn1c(=O)[nH]c(=O)c2c1nc(N(CCO)CCO)n2CCOc1ccccc1. The molecule has 0 bridgehead atoms. The lowest BCUT2D eigenvalue weighted by Crippen LogP contribution is -2.33. The molecule has 0 aliphatic rings. The number of benzene rings is 1. The van der Waals surface area contributed by atoms with Gasteiger partial charge in [-0.3, -0.25) is 14.3 Å². The number of ether oxygens (including phenoxy) is 1. The molecule has 1 aromatic carbocycles. The Bertz CT molecular complexity index is 1030. The molecular weight excluding hydrogens is 366 g/mol. The average Bonchev–Trinajstić information content (AvgIpc) is 3.07. The van der Waals surface area contributed by atoms with E-state index in [1.807, 2.05) is 30.3 Å². The normalized spacial score (nSPS) is 11.1. The van der Waals surface area contributed by atoms with Crippen LogP contribution in [-0.2, 0) is 13.6 Å². The number of rotatable bonds is 9. The van der Waals surface area contributed by atoms with Crippen molar-refractivity contribution in [3.8, 4) is 5.75 Å². The Morgan fingerprint density at radius 3 is 2.46 bits per heavy atom. The van der Waals surface area contributed by atoms with E-state index >= 15 is 0 Å². The molecule has 0 aliphatic heterocycles. The molecule has 0 saturated heterocycles. The molecule has 0 saturated carbocycles. The number of hydrogen-bond acceptors (Lipinski definition) is 7. The summed E-state index contributed by atoms with van der Waals surface area (Å²) in [5, 5.41) is 18.7. The summed E-state index contributed by atoms with van der Waals surface area (Å²) in [5.74, 6) is 1.07. The van der Waals surface area contributed by atoms with Gasteiger partial charge in [0.05, 0.1) is 19.8 Å². The van der Waals surface area contributed by atoms with Gasteiger partial charge in [0.25, 0.3) is 5.56 Å². The van der Waals surface area contributed by atoms with Crippen LogP contribution in [0.4, 0.5) is 5.95 Å². The molecular formula is C18H23N5O5. The Morgan fingerprint density at radius 1 is 1.14 bits per heavy atom. The highest BCUT2D eigenvalue weighted by Gasteiger charge is 2.21. The number of imidazole rings is 1. The lowest BCUT2D eigenvalue weighted by molar-refractivity contribution is 0.277. The van der Waals surface area contributed by atoms with E-state index in [0.29, 0.717) is 11.7 Å². The van der Waals surface area contributed by atoms with E-state index in [0.717, 1.165) is 0 Å². The molecule has 0 spiro atoms. The Morgan fingerprint density at radius 2 is 1.82 bits per heavy atom. The first kappa shape index (κ1) is 19.6. The molecule has 3 aromatic rings. The van der Waals surface area contributed by atoms with Crippen molar-refractivity contribution in [3.05, 3.63) is 51.2 Å². The van der Waals surface area contributed by atoms with Gasteiger partial charge >= 0.3 is 5.69 Å². The second kappa shape index (κ2) is 8.72. The van der Waals surface area contributed by atoms with Gasteiger partial charge in [0.2, 0.25) is 5.95 Å². The van der Waals surface area contributed by atoms with Crippen LogP contribution in [0.25, 0.3) is 11.2 Å². The van der Waals surface area contributed by atoms with Crippen LogP contribution in [0.5, 0.6) is 5.75 Å². The van der Waals surface area contributed by atoms with Crippen molar-refractivity contribution in [2.24, 2.45) is 7.05 Å². The molecule has 3 N–H and O–H groups in total. The Labute approximate surface area is 160 Å². The topological polar surface area (TPSA) is 126 Å². The highest BCUT2D eigenvalue weighted by molar-refractivity contribution is 5.74. The minimum atomic E-state index is -0.565. The van der Waals surface area contributed by atoms with Gasteiger partial charge < -0.3 is 24.4 Å². The zero-order chi connectivity index (χ0) is 20.1. The van der Waals surface area contributed by atoms with E-state index in [1.165, 1.54) is 11.6 Å². The number of nitrogens with one attached hydrogen (secondary N) is 1. The Balaban J connectivity index is 2.03. The maximum atomic E-state index is 12.5. The molecule has 150 valence electrons. The number of aryl methyl sites for hydroxylation is 1. The lowest BCUT2D eigenvalue weighted by Gasteiger charge is -2.22. The van der Waals surface area contributed by atoms with Gasteiger partial charge in [-0.1, -0.05) is 18.2 Å². The predicted octanol–water partition coefficient (Wildman–Crippen LogP) is -0.707. The van der Waals surface area contributed by atoms with Crippen molar-refractivity contribution in [1.29, 1.82) is 0 Å². The minimum absolute atomic E-state index is 0.154. The number of anilines is 1. The number of H-pyrrole nitrogens is 1. The van der Waals surface area contributed by atoms with Crippen molar-refractivity contribution in [2.75, 3.05) is 37.8 Å². The van der Waals surface area contributed by atoms with E-state index in [1.54, 1.807) is 9.47 Å². The number of hydrogen-bond donors (Lipinski definition) is 3. The van der Waals surface area contributed by atoms with E-state index in [4.69, 9.17) is 4.74 Å². The van der Waals surface area contributed by atoms with Crippen molar-refractivity contribution < 1.29 is 14.9 Å². The van der Waals surface area contributed by atoms with Gasteiger partial charge in [-0.2, -0.15) is 4.98 Å². The number of aliphatic hydroxyl groups is 2. The quantitative estimate of drug-likeness (QED) is 0.442. The van der Waals surface area contributed by atoms with Gasteiger partial charge in [0.15, 0.2) is 11.2 Å². The van der Waals surface area contributed by atoms with Crippen LogP contribution in [-0.4, -0.2) is 62.2 Å². The minimum Gasteiger partial charge on any atom is -0.492 e. The third-order valence-electron chi connectivity index (χ3n) is 4.34. The van der Waals surface area contributed by atoms with Crippen LogP contribution in [0.1, 0.15) is 0 Å². The molecule has 2 aromatic heterocycles. The summed E-state index contributed by atoms with van der Waals surface area (Å²) in [7, 11) is 1.52. The van der Waals surface area contributed by atoms with Crippen LogP contribution in [0, 0.1) is 0 Å². The van der Waals surface area contributed by atoms with Gasteiger partial charge in [-0.25, -0.2) is 4.79 Å². The number of aliphatic hydroxyl groups excluding tert-OH is 2. The van der Waals surface area contributed by atoms with Crippen LogP contribution in [0.2, 0.25) is 0 Å². The first-order chi connectivity index (χ1) is 13.6. The first-order valence-corrected chi connectivity index (χ1v) is 8.91. The third-order valence-corrected chi connectivity index (χ3v) is 4.34. The molecule has 28 heavy (non-hydrogen) atoms. The Kier molecular flexibility index (Phi) is 6.12. The van der Waals surface area contributed by atoms with E-state index in [-0.39, 0.29) is 50.6 Å². The number of fused-ring (bicyclic) bond motifs is 1. The van der Waals surface area contributed by atoms with Crippen LogP contribution >= 0.6 is 0 Å². The molecule has 10 heteroatoms. The molecule has 0 fully saturated rings. The summed E-state index contributed by atoms with van der Waals surface area (Å²) in [6.07, 6.45) is 0. The Hall–Kier alpha value is -3.11. The lowest BCUT2D eigenvalue weighted by atomic mass is 10.3. The van der Waals surface area contributed by atoms with Crippen molar-refractivity contribution in [2.45, 2.75) is 6.54 Å². The van der Waals surface area contributed by atoms with Gasteiger partial charge in [0.1, 0.15) is 12.4 Å². The highest BCUT2D eigenvalue weighted by atomic mass is 16.5. The molecule has 10 nitrogen and oxygen atoms in total. The summed E-state index contributed by atoms with van der Waals surface area (Å²) >= 11 is 0. The van der Waals surface area contributed by atoms with Crippen molar-refractivity contribution in [1.82, 2.24) is 19.1 Å². The predicted molar refractivity (Wildman–Crippen MR) is 104 cm³/mol. The standard InChI is InChI=1S/C18H23N5O5/c1-21-15-14(16(26)20-18(21)27)23(9-12-28-13-5-3-2-4-6-13)17(19-15)22(7-10-24)8-11-25/h2-6,24-25H,7-12H2,1H3,(H,20,26,27). The number of aromatic amines is 1. The maximum absolute atomic E-state index is 12.5. The second-order valence-electron chi connectivity index (χ2n) is 6.15. The highest BCUT2D eigenvalue weighted by Crippen LogP contribution is 2.19. The summed E-state index contributed by atoms with van der Waals surface area (Å²) in [4.78, 5) is 32.8. The van der Waals surface area contributed by atoms with Crippen LogP contribution in [0.15, 0.2) is 39.9 Å². The average molecular weight is 389 g/mol. The maximum Gasteiger partial charge on any atom is 0.329 e. The number of nitrogens with zero attached hydrogens (tertiary/aromatic N) is 4. The largest absolute Gasteiger partial charge is 0.492 e. The molecule has 3 rings (SSSR count). The molecule has 0 aliphatic carbocycles. The van der Waals surface area contributed by atoms with Crippen molar-refractivity contribution >= 4 is 17.1 Å². The zero-order valence-electron chi connectivity index (χ0n) is 15.5. The number of aromatic nitrogens is 4. The summed E-state index contributed by atoms with van der Waals surface area (Å²) < 4.78 is 8.63. The molecule has 0 amide bonds. The van der Waals surface area contributed by atoms with Crippen LogP contribution < -0.4 is 20.9 Å². The summed E-state index contributed by atoms with van der Waals surface area (Å²) in [6.45, 7) is 0.675. The monoisotopic (exact) mass is 389 g/mol. The molecule has 0 atom stereocenters. The van der Waals surface area contributed by atoms with E-state index < -0.39 is 11.2 Å². The van der Waals surface area contributed by atoms with Gasteiger partial charge in [-0.05, 0) is 12.1 Å². The summed E-state index contributed by atoms with van der Waals surface area (Å²) in [6, 6.07) is 9.26. The van der Waals surface area contributed by atoms with Crippen molar-refractivity contribution in [3.63, 3.8) is 0 Å². The second-order valence-corrected chi connectivity index (χ2v) is 6.15. The van der Waals surface area contributed by atoms with Gasteiger partial charge in [0, 0.05) is 20.1 Å². The van der Waals surface area contributed by atoms with E-state index in [9.17, 15) is 19.8 Å². The fourth-order valence-electron chi connectivity index (χ4n) is 3.00. The summed E-state index contributed by atoms with van der Waals surface area (Å²) in [5.41, 5.74) is -0.659.